The molecule has 0 bridgehead atoms. The lowest BCUT2D eigenvalue weighted by atomic mass is 9.93. The molecule has 1 aliphatic carbocycles. The summed E-state index contributed by atoms with van der Waals surface area (Å²) in [6.07, 6.45) is 2.30. The average molecular weight is 323 g/mol. The Balaban J connectivity index is 2.03. The van der Waals surface area contributed by atoms with Gasteiger partial charge in [0.05, 0.1) is 11.1 Å². The molecule has 1 aromatic rings. The van der Waals surface area contributed by atoms with Gasteiger partial charge in [-0.2, -0.15) is 13.2 Å². The van der Waals surface area contributed by atoms with Gasteiger partial charge in [-0.3, -0.25) is 0 Å². The zero-order valence-corrected chi connectivity index (χ0v) is 12.3. The molecule has 3 nitrogen and oxygen atoms in total. The van der Waals surface area contributed by atoms with Gasteiger partial charge in [-0.15, -0.1) is 0 Å². The van der Waals surface area contributed by atoms with Crippen LogP contribution in [0.5, 0.6) is 5.88 Å². The Morgan fingerprint density at radius 2 is 1.86 bits per heavy atom. The number of alkyl halides is 3. The number of hydrogen-bond acceptors (Lipinski definition) is 3. The van der Waals surface area contributed by atoms with E-state index in [4.69, 9.17) is 22.1 Å². The second-order valence-electron chi connectivity index (χ2n) is 5.57. The van der Waals surface area contributed by atoms with Crippen molar-refractivity contribution >= 4 is 11.6 Å². The number of aromatic nitrogens is 1. The molecule has 0 amide bonds. The number of hydrogen-bond donors (Lipinski definition) is 1. The van der Waals surface area contributed by atoms with Gasteiger partial charge in [0, 0.05) is 6.20 Å². The SMILES string of the molecule is NC1(COc2ncc(C(F)(F)F)cc2Cl)CCCCCC1. The van der Waals surface area contributed by atoms with Crippen LogP contribution in [0.25, 0.3) is 0 Å². The van der Waals surface area contributed by atoms with Crippen LogP contribution in [0.4, 0.5) is 13.2 Å². The van der Waals surface area contributed by atoms with Gasteiger partial charge >= 0.3 is 6.18 Å². The molecule has 0 atom stereocenters. The molecule has 7 heteroatoms. The molecular weight excluding hydrogens is 305 g/mol. The summed E-state index contributed by atoms with van der Waals surface area (Å²) in [7, 11) is 0. The molecule has 0 saturated heterocycles. The Kier molecular flexibility index (Phi) is 4.99. The third-order valence-electron chi connectivity index (χ3n) is 3.73. The topological polar surface area (TPSA) is 48.1 Å². The van der Waals surface area contributed by atoms with Gasteiger partial charge < -0.3 is 10.5 Å². The maximum absolute atomic E-state index is 12.5. The van der Waals surface area contributed by atoms with Crippen LogP contribution in [0, 0.1) is 0 Å². The first-order valence-corrected chi connectivity index (χ1v) is 7.32. The van der Waals surface area contributed by atoms with Crippen LogP contribution < -0.4 is 10.5 Å². The fraction of sp³-hybridized carbons (Fsp3) is 0.643. The van der Waals surface area contributed by atoms with Crippen molar-refractivity contribution in [2.45, 2.75) is 50.2 Å². The van der Waals surface area contributed by atoms with E-state index in [0.29, 0.717) is 0 Å². The molecule has 118 valence electrons. The van der Waals surface area contributed by atoms with E-state index in [-0.39, 0.29) is 17.5 Å². The Hall–Kier alpha value is -1.01. The van der Waals surface area contributed by atoms with Crippen LogP contribution in [-0.2, 0) is 6.18 Å². The number of nitrogens with two attached hydrogens (primary N) is 1. The summed E-state index contributed by atoms with van der Waals surface area (Å²) in [5.74, 6) is -0.00117. The molecule has 0 aliphatic heterocycles. The van der Waals surface area contributed by atoms with Crippen molar-refractivity contribution in [2.24, 2.45) is 5.73 Å². The average Bonchev–Trinajstić information content (AvgIpc) is 2.61. The first-order chi connectivity index (χ1) is 9.80. The van der Waals surface area contributed by atoms with Crippen LogP contribution in [0.15, 0.2) is 12.3 Å². The highest BCUT2D eigenvalue weighted by molar-refractivity contribution is 6.31. The quantitative estimate of drug-likeness (QED) is 0.849. The molecule has 1 fully saturated rings. The molecule has 0 radical (unpaired) electrons. The van der Waals surface area contributed by atoms with E-state index in [9.17, 15) is 13.2 Å². The molecule has 1 aromatic heterocycles. The summed E-state index contributed by atoms with van der Waals surface area (Å²) < 4.78 is 43.0. The number of nitrogens with zero attached hydrogens (tertiary/aromatic N) is 1. The molecule has 2 rings (SSSR count). The first kappa shape index (κ1) is 16.4. The summed E-state index contributed by atoms with van der Waals surface area (Å²) in [4.78, 5) is 3.65. The third kappa shape index (κ3) is 4.48. The molecule has 1 aliphatic rings. The predicted molar refractivity (Wildman–Crippen MR) is 74.4 cm³/mol. The molecule has 0 unspecified atom stereocenters. The lowest BCUT2D eigenvalue weighted by molar-refractivity contribution is -0.137. The molecule has 0 spiro atoms. The van der Waals surface area contributed by atoms with Gasteiger partial charge in [-0.1, -0.05) is 37.3 Å². The fourth-order valence-electron chi connectivity index (χ4n) is 2.48. The number of ether oxygens (including phenoxy) is 1. The Morgan fingerprint density at radius 3 is 2.38 bits per heavy atom. The summed E-state index contributed by atoms with van der Waals surface area (Å²) in [6.45, 7) is 0.213. The lowest BCUT2D eigenvalue weighted by Gasteiger charge is -2.27. The highest BCUT2D eigenvalue weighted by atomic mass is 35.5. The van der Waals surface area contributed by atoms with E-state index in [1.54, 1.807) is 0 Å². The zero-order valence-electron chi connectivity index (χ0n) is 11.5. The van der Waals surface area contributed by atoms with Crippen molar-refractivity contribution in [3.8, 4) is 5.88 Å². The molecular formula is C14H18ClF3N2O. The van der Waals surface area contributed by atoms with E-state index in [0.717, 1.165) is 50.8 Å². The summed E-state index contributed by atoms with van der Waals surface area (Å²) in [5.41, 5.74) is 4.93. The summed E-state index contributed by atoms with van der Waals surface area (Å²) >= 11 is 5.80. The van der Waals surface area contributed by atoms with Crippen LogP contribution in [-0.4, -0.2) is 17.1 Å². The minimum atomic E-state index is -4.47. The normalized spacial score (nSPS) is 19.1. The van der Waals surface area contributed by atoms with Crippen LogP contribution in [0.1, 0.15) is 44.1 Å². The van der Waals surface area contributed by atoms with Crippen molar-refractivity contribution in [3.63, 3.8) is 0 Å². The highest BCUT2D eigenvalue weighted by Gasteiger charge is 2.32. The fourth-order valence-corrected chi connectivity index (χ4v) is 2.70. The van der Waals surface area contributed by atoms with Crippen LogP contribution in [0.3, 0.4) is 0 Å². The first-order valence-electron chi connectivity index (χ1n) is 6.95. The van der Waals surface area contributed by atoms with Crippen LogP contribution >= 0.6 is 11.6 Å². The monoisotopic (exact) mass is 322 g/mol. The molecule has 2 N–H and O–H groups in total. The van der Waals surface area contributed by atoms with E-state index in [2.05, 4.69) is 4.98 Å². The number of pyridine rings is 1. The predicted octanol–water partition coefficient (Wildman–Crippen LogP) is 4.18. The van der Waals surface area contributed by atoms with Gasteiger partial charge in [0.15, 0.2) is 0 Å². The molecule has 21 heavy (non-hydrogen) atoms. The van der Waals surface area contributed by atoms with Gasteiger partial charge in [-0.25, -0.2) is 4.98 Å². The highest BCUT2D eigenvalue weighted by Crippen LogP contribution is 2.33. The second-order valence-corrected chi connectivity index (χ2v) is 5.98. The maximum Gasteiger partial charge on any atom is 0.417 e. The minimum absolute atomic E-state index is 0.00117. The third-order valence-corrected chi connectivity index (χ3v) is 4.00. The van der Waals surface area contributed by atoms with Crippen molar-refractivity contribution in [2.75, 3.05) is 6.61 Å². The Bertz CT molecular complexity index is 486. The molecule has 1 heterocycles. The Labute approximate surface area is 126 Å². The lowest BCUT2D eigenvalue weighted by Crippen LogP contribution is -2.45. The van der Waals surface area contributed by atoms with Gasteiger partial charge in [0.25, 0.3) is 0 Å². The maximum atomic E-state index is 12.5. The van der Waals surface area contributed by atoms with Crippen molar-refractivity contribution in [1.82, 2.24) is 4.98 Å². The van der Waals surface area contributed by atoms with Crippen molar-refractivity contribution < 1.29 is 17.9 Å². The summed E-state index contributed by atoms with van der Waals surface area (Å²) in [5, 5.41) is -0.151. The van der Waals surface area contributed by atoms with Crippen molar-refractivity contribution in [3.05, 3.63) is 22.8 Å². The largest absolute Gasteiger partial charge is 0.475 e. The van der Waals surface area contributed by atoms with Gasteiger partial charge in [0.1, 0.15) is 11.6 Å². The Morgan fingerprint density at radius 1 is 1.24 bits per heavy atom. The van der Waals surface area contributed by atoms with Gasteiger partial charge in [-0.05, 0) is 18.9 Å². The summed E-state index contributed by atoms with van der Waals surface area (Å²) in [6, 6.07) is 0.820. The van der Waals surface area contributed by atoms with E-state index in [1.807, 2.05) is 0 Å². The zero-order chi connectivity index (χ0) is 15.5. The number of halogens is 4. The van der Waals surface area contributed by atoms with E-state index in [1.165, 1.54) is 0 Å². The van der Waals surface area contributed by atoms with Gasteiger partial charge in [0.2, 0.25) is 5.88 Å². The molecule has 0 aromatic carbocycles. The van der Waals surface area contributed by atoms with Crippen molar-refractivity contribution in [1.29, 1.82) is 0 Å². The smallest absolute Gasteiger partial charge is 0.417 e. The van der Waals surface area contributed by atoms with Crippen LogP contribution in [0.2, 0.25) is 5.02 Å². The number of rotatable bonds is 3. The standard InChI is InChI=1S/C14H18ClF3N2O/c15-11-7-10(14(16,17)18)8-20-12(11)21-9-13(19)5-3-1-2-4-6-13/h7-8H,1-6,9,19H2. The minimum Gasteiger partial charge on any atom is -0.475 e. The second kappa shape index (κ2) is 6.40. The van der Waals surface area contributed by atoms with E-state index >= 15 is 0 Å². The molecule has 1 saturated carbocycles. The van der Waals surface area contributed by atoms with E-state index < -0.39 is 17.3 Å².